The van der Waals surface area contributed by atoms with E-state index < -0.39 is 0 Å². The fraction of sp³-hybridized carbons (Fsp3) is 0.562. The highest BCUT2D eigenvalue weighted by atomic mass is 16.5. The van der Waals surface area contributed by atoms with Gasteiger partial charge in [-0.1, -0.05) is 6.07 Å². The van der Waals surface area contributed by atoms with Crippen LogP contribution in [0.25, 0.3) is 11.0 Å². The number of nitrogen functional groups attached to an aromatic ring is 1. The van der Waals surface area contributed by atoms with Gasteiger partial charge in [0.25, 0.3) is 0 Å². The highest BCUT2D eigenvalue weighted by Gasteiger charge is 2.15. The number of hydrogen-bond acceptors (Lipinski definition) is 4. The van der Waals surface area contributed by atoms with Crippen LogP contribution in [0.1, 0.15) is 26.7 Å². The van der Waals surface area contributed by atoms with Crippen LogP contribution in [0.4, 0.5) is 5.95 Å². The number of ether oxygens (including phenoxy) is 1. The summed E-state index contributed by atoms with van der Waals surface area (Å²) in [5, 5.41) is 0. The van der Waals surface area contributed by atoms with E-state index in [9.17, 15) is 0 Å². The molecule has 0 aliphatic carbocycles. The van der Waals surface area contributed by atoms with E-state index in [0.717, 1.165) is 29.9 Å². The van der Waals surface area contributed by atoms with Gasteiger partial charge in [0.1, 0.15) is 11.3 Å². The van der Waals surface area contributed by atoms with Crippen molar-refractivity contribution in [3.05, 3.63) is 18.2 Å². The Labute approximate surface area is 125 Å². The molecule has 2 heterocycles. The molecule has 3 rings (SSSR count). The zero-order chi connectivity index (χ0) is 14.8. The number of hydrogen-bond donors (Lipinski definition) is 1. The number of nitrogens with two attached hydrogens (primary N) is 1. The summed E-state index contributed by atoms with van der Waals surface area (Å²) in [5.41, 5.74) is 8.04. The summed E-state index contributed by atoms with van der Waals surface area (Å²) in [4.78, 5) is 6.99. The normalized spacial score (nSPS) is 16.1. The first-order valence-corrected chi connectivity index (χ1v) is 7.79. The Morgan fingerprint density at radius 1 is 1.24 bits per heavy atom. The van der Waals surface area contributed by atoms with Crippen LogP contribution in [0, 0.1) is 0 Å². The maximum atomic E-state index is 6.12. The van der Waals surface area contributed by atoms with Crippen molar-refractivity contribution in [3.8, 4) is 5.75 Å². The average molecular weight is 288 g/mol. The van der Waals surface area contributed by atoms with E-state index >= 15 is 0 Å². The van der Waals surface area contributed by atoms with E-state index in [-0.39, 0.29) is 6.10 Å². The molecule has 0 amide bonds. The van der Waals surface area contributed by atoms with E-state index in [1.54, 1.807) is 0 Å². The zero-order valence-electron chi connectivity index (χ0n) is 12.9. The van der Waals surface area contributed by atoms with Crippen molar-refractivity contribution >= 4 is 17.0 Å². The quantitative estimate of drug-likeness (QED) is 0.918. The lowest BCUT2D eigenvalue weighted by atomic mass is 10.3. The lowest BCUT2D eigenvalue weighted by molar-refractivity contribution is 0.245. The van der Waals surface area contributed by atoms with Crippen LogP contribution >= 0.6 is 0 Å². The van der Waals surface area contributed by atoms with Crippen molar-refractivity contribution in [3.63, 3.8) is 0 Å². The number of imidazole rings is 1. The SMILES string of the molecule is CC(C)Oc1cccc2c1nc(N)n2CCN1CCCC1. The van der Waals surface area contributed by atoms with Gasteiger partial charge in [0, 0.05) is 13.1 Å². The molecule has 1 aliphatic rings. The van der Waals surface area contributed by atoms with Gasteiger partial charge in [-0.25, -0.2) is 4.98 Å². The number of fused-ring (bicyclic) bond motifs is 1. The van der Waals surface area contributed by atoms with Crippen LogP contribution in [-0.4, -0.2) is 40.2 Å². The van der Waals surface area contributed by atoms with Gasteiger partial charge in [-0.3, -0.25) is 0 Å². The van der Waals surface area contributed by atoms with Gasteiger partial charge in [-0.15, -0.1) is 0 Å². The molecule has 1 aliphatic heterocycles. The second-order valence-electron chi connectivity index (χ2n) is 5.96. The minimum absolute atomic E-state index is 0.131. The molecule has 5 heteroatoms. The minimum atomic E-state index is 0.131. The lowest BCUT2D eigenvalue weighted by Crippen LogP contribution is -2.24. The van der Waals surface area contributed by atoms with Gasteiger partial charge in [0.15, 0.2) is 0 Å². The third-order valence-electron chi connectivity index (χ3n) is 3.97. The number of anilines is 1. The predicted octanol–water partition coefficient (Wildman–Crippen LogP) is 2.50. The van der Waals surface area contributed by atoms with Crippen molar-refractivity contribution in [1.29, 1.82) is 0 Å². The van der Waals surface area contributed by atoms with Crippen molar-refractivity contribution in [2.24, 2.45) is 0 Å². The third-order valence-corrected chi connectivity index (χ3v) is 3.97. The number of benzene rings is 1. The molecule has 21 heavy (non-hydrogen) atoms. The molecule has 0 bridgehead atoms. The summed E-state index contributed by atoms with van der Waals surface area (Å²) >= 11 is 0. The predicted molar refractivity (Wildman–Crippen MR) is 85.6 cm³/mol. The monoisotopic (exact) mass is 288 g/mol. The van der Waals surface area contributed by atoms with Crippen molar-refractivity contribution in [2.75, 3.05) is 25.4 Å². The van der Waals surface area contributed by atoms with Gasteiger partial charge in [-0.05, 0) is 51.9 Å². The number of aromatic nitrogens is 2. The number of para-hydroxylation sites is 1. The van der Waals surface area contributed by atoms with Crippen LogP contribution in [0.15, 0.2) is 18.2 Å². The standard InChI is InChI=1S/C16H24N4O/c1-12(2)21-14-7-5-6-13-15(14)18-16(17)20(13)11-10-19-8-3-4-9-19/h5-7,12H,3-4,8-11H2,1-2H3,(H2,17,18). The zero-order valence-corrected chi connectivity index (χ0v) is 12.9. The average Bonchev–Trinajstić information content (AvgIpc) is 3.04. The highest BCUT2D eigenvalue weighted by Crippen LogP contribution is 2.27. The van der Waals surface area contributed by atoms with Crippen LogP contribution in [-0.2, 0) is 6.54 Å². The van der Waals surface area contributed by atoms with Crippen molar-refractivity contribution < 1.29 is 4.74 Å². The molecule has 0 radical (unpaired) electrons. The Balaban J connectivity index is 1.86. The Morgan fingerprint density at radius 3 is 2.71 bits per heavy atom. The minimum Gasteiger partial charge on any atom is -0.489 e. The van der Waals surface area contributed by atoms with E-state index in [4.69, 9.17) is 10.5 Å². The molecule has 1 aromatic carbocycles. The van der Waals surface area contributed by atoms with Gasteiger partial charge >= 0.3 is 0 Å². The molecule has 2 aromatic rings. The highest BCUT2D eigenvalue weighted by molar-refractivity contribution is 5.84. The molecule has 5 nitrogen and oxygen atoms in total. The third kappa shape index (κ3) is 2.97. The Hall–Kier alpha value is -1.75. The molecule has 1 fully saturated rings. The van der Waals surface area contributed by atoms with Crippen LogP contribution < -0.4 is 10.5 Å². The molecule has 114 valence electrons. The summed E-state index contributed by atoms with van der Waals surface area (Å²) in [6.45, 7) is 8.36. The second kappa shape index (κ2) is 5.93. The smallest absolute Gasteiger partial charge is 0.201 e. The lowest BCUT2D eigenvalue weighted by Gasteiger charge is -2.16. The van der Waals surface area contributed by atoms with E-state index in [2.05, 4.69) is 20.5 Å². The first-order valence-electron chi connectivity index (χ1n) is 7.79. The Bertz CT molecular complexity index is 614. The second-order valence-corrected chi connectivity index (χ2v) is 5.96. The molecule has 1 aromatic heterocycles. The van der Waals surface area contributed by atoms with Crippen LogP contribution in [0.5, 0.6) is 5.75 Å². The molecule has 2 N–H and O–H groups in total. The summed E-state index contributed by atoms with van der Waals surface area (Å²) in [6.07, 6.45) is 2.76. The Kier molecular flexibility index (Phi) is 4.01. The van der Waals surface area contributed by atoms with Crippen molar-refractivity contribution in [1.82, 2.24) is 14.5 Å². The van der Waals surface area contributed by atoms with E-state index in [0.29, 0.717) is 5.95 Å². The summed E-state index contributed by atoms with van der Waals surface area (Å²) < 4.78 is 7.93. The van der Waals surface area contributed by atoms with Crippen LogP contribution in [0.3, 0.4) is 0 Å². The fourth-order valence-electron chi connectivity index (χ4n) is 2.97. The topological polar surface area (TPSA) is 56.3 Å². The van der Waals surface area contributed by atoms with Crippen molar-refractivity contribution in [2.45, 2.75) is 39.3 Å². The Morgan fingerprint density at radius 2 is 2.00 bits per heavy atom. The summed E-state index contributed by atoms with van der Waals surface area (Å²) in [7, 11) is 0. The summed E-state index contributed by atoms with van der Waals surface area (Å²) in [6, 6.07) is 6.03. The summed E-state index contributed by atoms with van der Waals surface area (Å²) in [5.74, 6) is 1.39. The molecule has 1 saturated heterocycles. The first-order chi connectivity index (χ1) is 10.1. The fourth-order valence-corrected chi connectivity index (χ4v) is 2.97. The molecule has 0 spiro atoms. The number of nitrogens with zero attached hydrogens (tertiary/aromatic N) is 3. The van der Waals surface area contributed by atoms with Gasteiger partial charge in [-0.2, -0.15) is 0 Å². The van der Waals surface area contributed by atoms with E-state index in [1.165, 1.54) is 25.9 Å². The van der Waals surface area contributed by atoms with Gasteiger partial charge in [0.05, 0.1) is 11.6 Å². The molecule has 0 saturated carbocycles. The molecule has 0 atom stereocenters. The largest absolute Gasteiger partial charge is 0.489 e. The maximum absolute atomic E-state index is 6.12. The molecular formula is C16H24N4O. The number of rotatable bonds is 5. The maximum Gasteiger partial charge on any atom is 0.201 e. The molecular weight excluding hydrogens is 264 g/mol. The molecule has 0 unspecified atom stereocenters. The van der Waals surface area contributed by atoms with Crippen LogP contribution in [0.2, 0.25) is 0 Å². The van der Waals surface area contributed by atoms with E-state index in [1.807, 2.05) is 26.0 Å². The van der Waals surface area contributed by atoms with Gasteiger partial charge in [0.2, 0.25) is 5.95 Å². The number of likely N-dealkylation sites (tertiary alicyclic amines) is 1. The first kappa shape index (κ1) is 14.2. The van der Waals surface area contributed by atoms with Gasteiger partial charge < -0.3 is 19.9 Å².